The van der Waals surface area contributed by atoms with Crippen LogP contribution < -0.4 is 9.47 Å². The summed E-state index contributed by atoms with van der Waals surface area (Å²) < 4.78 is 11.2. The monoisotopic (exact) mass is 294 g/mol. The fraction of sp³-hybridized carbons (Fsp3) is 0.300. The summed E-state index contributed by atoms with van der Waals surface area (Å²) in [6, 6.07) is 15.8. The maximum atomic E-state index is 5.62. The molecule has 0 bridgehead atoms. The third kappa shape index (κ3) is 5.18. The average molecular weight is 294 g/mol. The van der Waals surface area contributed by atoms with Gasteiger partial charge in [0.1, 0.15) is 11.5 Å². The molecule has 2 rings (SSSR count). The van der Waals surface area contributed by atoms with Crippen molar-refractivity contribution in [2.24, 2.45) is 0 Å². The van der Waals surface area contributed by atoms with Crippen molar-refractivity contribution >= 4 is 0 Å². The molecule has 2 aromatic rings. The van der Waals surface area contributed by atoms with E-state index in [2.05, 4.69) is 25.7 Å². The molecule has 0 radical (unpaired) electrons. The zero-order valence-corrected chi connectivity index (χ0v) is 13.3. The molecule has 0 aliphatic carbocycles. The molecule has 22 heavy (non-hydrogen) atoms. The van der Waals surface area contributed by atoms with Crippen LogP contribution in [0.3, 0.4) is 0 Å². The van der Waals surface area contributed by atoms with E-state index in [1.807, 2.05) is 48.5 Å². The van der Waals surface area contributed by atoms with Crippen LogP contribution in [0.25, 0.3) is 0 Å². The summed E-state index contributed by atoms with van der Waals surface area (Å²) in [5.74, 6) is 8.09. The Kier molecular flexibility index (Phi) is 6.39. The summed E-state index contributed by atoms with van der Waals surface area (Å²) in [5, 5.41) is 0. The van der Waals surface area contributed by atoms with Crippen molar-refractivity contribution in [2.75, 3.05) is 13.2 Å². The van der Waals surface area contributed by atoms with Crippen molar-refractivity contribution in [3.05, 3.63) is 59.7 Å². The van der Waals surface area contributed by atoms with Gasteiger partial charge in [-0.15, -0.1) is 0 Å². The van der Waals surface area contributed by atoms with E-state index in [1.165, 1.54) is 0 Å². The van der Waals surface area contributed by atoms with E-state index >= 15 is 0 Å². The standard InChI is InChI=1S/C20H22O2/c1-3-13-21-19-9-5-7-17(15-19)11-12-18-8-6-10-20(16-18)22-14-4-2/h5-10,15-16H,3-4,13-14H2,1-2H3. The predicted octanol–water partition coefficient (Wildman–Crippen LogP) is 4.66. The molecule has 2 nitrogen and oxygen atoms in total. The van der Waals surface area contributed by atoms with Crippen LogP contribution in [0.15, 0.2) is 48.5 Å². The lowest BCUT2D eigenvalue weighted by Crippen LogP contribution is -1.95. The summed E-state index contributed by atoms with van der Waals surface area (Å²) in [7, 11) is 0. The zero-order valence-electron chi connectivity index (χ0n) is 13.3. The number of hydrogen-bond acceptors (Lipinski definition) is 2. The molecule has 0 atom stereocenters. The third-order valence-corrected chi connectivity index (χ3v) is 2.96. The molecule has 0 unspecified atom stereocenters. The normalized spacial score (nSPS) is 9.73. The predicted molar refractivity (Wildman–Crippen MR) is 90.4 cm³/mol. The van der Waals surface area contributed by atoms with Gasteiger partial charge in [0.05, 0.1) is 13.2 Å². The van der Waals surface area contributed by atoms with Crippen molar-refractivity contribution < 1.29 is 9.47 Å². The second-order valence-corrected chi connectivity index (χ2v) is 5.00. The van der Waals surface area contributed by atoms with E-state index in [1.54, 1.807) is 0 Å². The van der Waals surface area contributed by atoms with Crippen molar-refractivity contribution in [1.29, 1.82) is 0 Å². The van der Waals surface area contributed by atoms with Gasteiger partial charge in [-0.1, -0.05) is 37.8 Å². The van der Waals surface area contributed by atoms with Gasteiger partial charge < -0.3 is 9.47 Å². The summed E-state index contributed by atoms with van der Waals surface area (Å²) in [6.07, 6.45) is 2.00. The van der Waals surface area contributed by atoms with E-state index in [0.29, 0.717) is 0 Å². The van der Waals surface area contributed by atoms with Crippen LogP contribution in [0.2, 0.25) is 0 Å². The largest absolute Gasteiger partial charge is 0.494 e. The minimum atomic E-state index is 0.730. The molecule has 0 aromatic heterocycles. The van der Waals surface area contributed by atoms with Gasteiger partial charge in [0.25, 0.3) is 0 Å². The summed E-state index contributed by atoms with van der Waals surface area (Å²) in [5.41, 5.74) is 1.90. The number of benzene rings is 2. The molecular weight excluding hydrogens is 272 g/mol. The molecule has 0 amide bonds. The van der Waals surface area contributed by atoms with Gasteiger partial charge in [0.15, 0.2) is 0 Å². The second-order valence-electron chi connectivity index (χ2n) is 5.00. The summed E-state index contributed by atoms with van der Waals surface area (Å²) in [6.45, 7) is 5.65. The molecule has 0 saturated carbocycles. The molecule has 2 aromatic carbocycles. The lowest BCUT2D eigenvalue weighted by molar-refractivity contribution is 0.317. The highest BCUT2D eigenvalue weighted by Crippen LogP contribution is 2.15. The van der Waals surface area contributed by atoms with Gasteiger partial charge in [0.2, 0.25) is 0 Å². The first-order valence-electron chi connectivity index (χ1n) is 7.79. The van der Waals surface area contributed by atoms with Gasteiger partial charge in [-0.05, 0) is 49.2 Å². The Morgan fingerprint density at radius 1 is 0.727 bits per heavy atom. The quantitative estimate of drug-likeness (QED) is 0.721. The Hall–Kier alpha value is -2.40. The molecule has 0 saturated heterocycles. The van der Waals surface area contributed by atoms with Gasteiger partial charge in [-0.3, -0.25) is 0 Å². The third-order valence-electron chi connectivity index (χ3n) is 2.96. The highest BCUT2D eigenvalue weighted by molar-refractivity contribution is 5.46. The van der Waals surface area contributed by atoms with E-state index in [0.717, 1.165) is 48.7 Å². The van der Waals surface area contributed by atoms with Crippen LogP contribution in [-0.4, -0.2) is 13.2 Å². The summed E-state index contributed by atoms with van der Waals surface area (Å²) >= 11 is 0. The highest BCUT2D eigenvalue weighted by Gasteiger charge is 1.96. The van der Waals surface area contributed by atoms with Crippen LogP contribution in [0, 0.1) is 11.8 Å². The minimum absolute atomic E-state index is 0.730. The van der Waals surface area contributed by atoms with Crippen LogP contribution in [0.5, 0.6) is 11.5 Å². The summed E-state index contributed by atoms with van der Waals surface area (Å²) in [4.78, 5) is 0. The van der Waals surface area contributed by atoms with Crippen LogP contribution in [0.4, 0.5) is 0 Å². The minimum Gasteiger partial charge on any atom is -0.494 e. The SMILES string of the molecule is CCCOc1cccc(C#Cc2cccc(OCCC)c2)c1. The van der Waals surface area contributed by atoms with Crippen molar-refractivity contribution in [3.63, 3.8) is 0 Å². The van der Waals surface area contributed by atoms with Gasteiger partial charge >= 0.3 is 0 Å². The van der Waals surface area contributed by atoms with E-state index in [-0.39, 0.29) is 0 Å². The number of ether oxygens (including phenoxy) is 2. The Labute approximate surface area is 133 Å². The number of hydrogen-bond donors (Lipinski definition) is 0. The van der Waals surface area contributed by atoms with E-state index < -0.39 is 0 Å². The van der Waals surface area contributed by atoms with Gasteiger partial charge in [-0.2, -0.15) is 0 Å². The Balaban J connectivity index is 2.09. The molecular formula is C20H22O2. The van der Waals surface area contributed by atoms with Crippen molar-refractivity contribution in [3.8, 4) is 23.3 Å². The number of rotatable bonds is 6. The van der Waals surface area contributed by atoms with Gasteiger partial charge in [-0.25, -0.2) is 0 Å². The first-order chi connectivity index (χ1) is 10.8. The van der Waals surface area contributed by atoms with E-state index in [9.17, 15) is 0 Å². The zero-order chi connectivity index (χ0) is 15.6. The maximum absolute atomic E-state index is 5.62. The second kappa shape index (κ2) is 8.79. The highest BCUT2D eigenvalue weighted by atomic mass is 16.5. The lowest BCUT2D eigenvalue weighted by Gasteiger charge is -2.04. The first kappa shape index (κ1) is 16.0. The molecule has 0 fully saturated rings. The molecule has 114 valence electrons. The van der Waals surface area contributed by atoms with Crippen molar-refractivity contribution in [2.45, 2.75) is 26.7 Å². The Bertz CT molecular complexity index is 594. The fourth-order valence-corrected chi connectivity index (χ4v) is 1.91. The van der Waals surface area contributed by atoms with Crippen LogP contribution in [-0.2, 0) is 0 Å². The Morgan fingerprint density at radius 3 is 1.59 bits per heavy atom. The fourth-order valence-electron chi connectivity index (χ4n) is 1.91. The molecule has 2 heteroatoms. The maximum Gasteiger partial charge on any atom is 0.120 e. The topological polar surface area (TPSA) is 18.5 Å². The molecule has 0 spiro atoms. The van der Waals surface area contributed by atoms with E-state index in [4.69, 9.17) is 9.47 Å². The van der Waals surface area contributed by atoms with Gasteiger partial charge in [0, 0.05) is 11.1 Å². The molecule has 0 N–H and O–H groups in total. The first-order valence-corrected chi connectivity index (χ1v) is 7.79. The van der Waals surface area contributed by atoms with Crippen LogP contribution >= 0.6 is 0 Å². The van der Waals surface area contributed by atoms with Crippen molar-refractivity contribution in [1.82, 2.24) is 0 Å². The molecule has 0 heterocycles. The average Bonchev–Trinajstić information content (AvgIpc) is 2.57. The lowest BCUT2D eigenvalue weighted by atomic mass is 10.1. The molecule has 0 aliphatic rings. The Morgan fingerprint density at radius 2 is 1.18 bits per heavy atom. The molecule has 0 aliphatic heterocycles. The smallest absolute Gasteiger partial charge is 0.120 e. The van der Waals surface area contributed by atoms with Crippen LogP contribution in [0.1, 0.15) is 37.8 Å².